The van der Waals surface area contributed by atoms with Gasteiger partial charge in [0.1, 0.15) is 5.82 Å². The molecular weight excluding hydrogens is 377 g/mol. The summed E-state index contributed by atoms with van der Waals surface area (Å²) in [5, 5.41) is 2.70. The van der Waals surface area contributed by atoms with Gasteiger partial charge >= 0.3 is 0 Å². The number of amides is 1. The Labute approximate surface area is 127 Å². The maximum atomic E-state index is 13.2. The van der Waals surface area contributed by atoms with Crippen LogP contribution in [-0.4, -0.2) is 5.91 Å². The van der Waals surface area contributed by atoms with Gasteiger partial charge in [-0.1, -0.05) is 37.9 Å². The zero-order valence-electron chi connectivity index (χ0n) is 10.0. The molecule has 1 N–H and O–H groups in total. The van der Waals surface area contributed by atoms with Gasteiger partial charge in [0, 0.05) is 20.2 Å². The SMILES string of the molecule is Cc1ccc(F)cc1NC(=O)c1cc(Br)cc(Br)c1. The van der Waals surface area contributed by atoms with E-state index in [9.17, 15) is 9.18 Å². The Balaban J connectivity index is 2.28. The minimum Gasteiger partial charge on any atom is -0.322 e. The summed E-state index contributed by atoms with van der Waals surface area (Å²) in [6, 6.07) is 9.54. The molecule has 2 rings (SSSR count). The fourth-order valence-corrected chi connectivity index (χ4v) is 2.90. The highest BCUT2D eigenvalue weighted by atomic mass is 79.9. The zero-order chi connectivity index (χ0) is 14.0. The predicted octanol–water partition coefficient (Wildman–Crippen LogP) is 4.91. The van der Waals surface area contributed by atoms with E-state index in [0.29, 0.717) is 11.3 Å². The molecule has 2 aromatic rings. The van der Waals surface area contributed by atoms with Crippen LogP contribution in [0.5, 0.6) is 0 Å². The Morgan fingerprint density at radius 2 is 1.74 bits per heavy atom. The van der Waals surface area contributed by atoms with E-state index in [2.05, 4.69) is 37.2 Å². The Bertz CT molecular complexity index is 623. The van der Waals surface area contributed by atoms with Crippen LogP contribution in [-0.2, 0) is 0 Å². The summed E-state index contributed by atoms with van der Waals surface area (Å²) in [6.45, 7) is 1.81. The average molecular weight is 387 g/mol. The highest BCUT2D eigenvalue weighted by molar-refractivity contribution is 9.11. The molecule has 0 aliphatic rings. The lowest BCUT2D eigenvalue weighted by Crippen LogP contribution is -2.13. The number of carbonyl (C=O) groups excluding carboxylic acids is 1. The normalized spacial score (nSPS) is 10.3. The molecule has 0 heterocycles. The third-order valence-corrected chi connectivity index (χ3v) is 3.49. The molecule has 0 atom stereocenters. The monoisotopic (exact) mass is 385 g/mol. The lowest BCUT2D eigenvalue weighted by atomic mass is 10.1. The summed E-state index contributed by atoms with van der Waals surface area (Å²) in [7, 11) is 0. The Morgan fingerprint density at radius 1 is 1.11 bits per heavy atom. The van der Waals surface area contributed by atoms with Crippen LogP contribution in [0.2, 0.25) is 0 Å². The van der Waals surface area contributed by atoms with Gasteiger partial charge in [-0.15, -0.1) is 0 Å². The van der Waals surface area contributed by atoms with Crippen LogP contribution in [0.4, 0.5) is 10.1 Å². The Hall–Kier alpha value is -1.20. The molecule has 0 saturated carbocycles. The minimum atomic E-state index is -0.378. The molecule has 2 aromatic carbocycles. The fraction of sp³-hybridized carbons (Fsp3) is 0.0714. The first kappa shape index (κ1) is 14.2. The van der Waals surface area contributed by atoms with E-state index < -0.39 is 0 Å². The van der Waals surface area contributed by atoms with Gasteiger partial charge in [0.15, 0.2) is 0 Å². The van der Waals surface area contributed by atoms with E-state index in [-0.39, 0.29) is 11.7 Å². The van der Waals surface area contributed by atoms with E-state index in [4.69, 9.17) is 0 Å². The number of aryl methyl sites for hydroxylation is 1. The van der Waals surface area contributed by atoms with Crippen molar-refractivity contribution >= 4 is 43.5 Å². The van der Waals surface area contributed by atoms with Crippen molar-refractivity contribution in [3.05, 3.63) is 62.3 Å². The summed E-state index contributed by atoms with van der Waals surface area (Å²) >= 11 is 6.65. The molecule has 0 aromatic heterocycles. The van der Waals surface area contributed by atoms with Crippen molar-refractivity contribution in [1.82, 2.24) is 0 Å². The molecule has 0 spiro atoms. The number of benzene rings is 2. The van der Waals surface area contributed by atoms with Crippen molar-refractivity contribution in [1.29, 1.82) is 0 Å². The minimum absolute atomic E-state index is 0.282. The lowest BCUT2D eigenvalue weighted by Gasteiger charge is -2.09. The quantitative estimate of drug-likeness (QED) is 0.780. The second kappa shape index (κ2) is 5.84. The van der Waals surface area contributed by atoms with E-state index in [1.807, 2.05) is 13.0 Å². The maximum absolute atomic E-state index is 13.2. The van der Waals surface area contributed by atoms with Gasteiger partial charge in [-0.05, 0) is 42.8 Å². The van der Waals surface area contributed by atoms with Crippen LogP contribution >= 0.6 is 31.9 Å². The van der Waals surface area contributed by atoms with Crippen LogP contribution in [0, 0.1) is 12.7 Å². The molecule has 0 fully saturated rings. The summed E-state index contributed by atoms with van der Waals surface area (Å²) in [5.74, 6) is -0.660. The van der Waals surface area contributed by atoms with Crippen molar-refractivity contribution in [2.45, 2.75) is 6.92 Å². The van der Waals surface area contributed by atoms with E-state index in [1.54, 1.807) is 18.2 Å². The van der Waals surface area contributed by atoms with Gasteiger partial charge in [0.2, 0.25) is 0 Å². The highest BCUT2D eigenvalue weighted by Gasteiger charge is 2.10. The number of hydrogen-bond acceptors (Lipinski definition) is 1. The van der Waals surface area contributed by atoms with Crippen molar-refractivity contribution in [2.75, 3.05) is 5.32 Å². The van der Waals surface area contributed by atoms with Crippen molar-refractivity contribution in [3.63, 3.8) is 0 Å². The first-order chi connectivity index (χ1) is 8.95. The average Bonchev–Trinajstić information content (AvgIpc) is 2.32. The highest BCUT2D eigenvalue weighted by Crippen LogP contribution is 2.22. The molecule has 98 valence electrons. The number of halogens is 3. The van der Waals surface area contributed by atoms with Gasteiger partial charge in [-0.3, -0.25) is 4.79 Å². The third kappa shape index (κ3) is 3.64. The number of hydrogen-bond donors (Lipinski definition) is 1. The van der Waals surface area contributed by atoms with Crippen LogP contribution in [0.25, 0.3) is 0 Å². The van der Waals surface area contributed by atoms with E-state index in [1.165, 1.54) is 12.1 Å². The number of anilines is 1. The van der Waals surface area contributed by atoms with Gasteiger partial charge < -0.3 is 5.32 Å². The first-order valence-electron chi connectivity index (χ1n) is 5.49. The van der Waals surface area contributed by atoms with Gasteiger partial charge in [0.25, 0.3) is 5.91 Å². The largest absolute Gasteiger partial charge is 0.322 e. The van der Waals surface area contributed by atoms with Crippen molar-refractivity contribution < 1.29 is 9.18 Å². The number of carbonyl (C=O) groups is 1. The fourth-order valence-electron chi connectivity index (χ4n) is 1.61. The molecule has 5 heteroatoms. The molecule has 0 aliphatic carbocycles. The molecule has 0 unspecified atom stereocenters. The van der Waals surface area contributed by atoms with Crippen LogP contribution in [0.3, 0.4) is 0 Å². The van der Waals surface area contributed by atoms with Gasteiger partial charge in [-0.25, -0.2) is 4.39 Å². The van der Waals surface area contributed by atoms with E-state index >= 15 is 0 Å². The molecule has 0 saturated heterocycles. The van der Waals surface area contributed by atoms with Gasteiger partial charge in [-0.2, -0.15) is 0 Å². The molecule has 2 nitrogen and oxygen atoms in total. The molecule has 1 amide bonds. The predicted molar refractivity (Wildman–Crippen MR) is 80.9 cm³/mol. The summed E-state index contributed by atoms with van der Waals surface area (Å²) in [4.78, 5) is 12.1. The second-order valence-electron chi connectivity index (χ2n) is 4.07. The maximum Gasteiger partial charge on any atom is 0.255 e. The third-order valence-electron chi connectivity index (χ3n) is 2.57. The van der Waals surface area contributed by atoms with Gasteiger partial charge in [0.05, 0.1) is 0 Å². The summed E-state index contributed by atoms with van der Waals surface area (Å²) in [6.07, 6.45) is 0. The van der Waals surface area contributed by atoms with Crippen molar-refractivity contribution in [2.24, 2.45) is 0 Å². The van der Waals surface area contributed by atoms with Crippen LogP contribution in [0.15, 0.2) is 45.3 Å². The Kier molecular flexibility index (Phi) is 4.37. The van der Waals surface area contributed by atoms with E-state index in [0.717, 1.165) is 14.5 Å². The Morgan fingerprint density at radius 3 is 2.37 bits per heavy atom. The number of rotatable bonds is 2. The topological polar surface area (TPSA) is 29.1 Å². The lowest BCUT2D eigenvalue weighted by molar-refractivity contribution is 0.102. The van der Waals surface area contributed by atoms with Crippen LogP contribution < -0.4 is 5.32 Å². The van der Waals surface area contributed by atoms with Crippen LogP contribution in [0.1, 0.15) is 15.9 Å². The molecule has 19 heavy (non-hydrogen) atoms. The second-order valence-corrected chi connectivity index (χ2v) is 5.90. The zero-order valence-corrected chi connectivity index (χ0v) is 13.2. The summed E-state index contributed by atoms with van der Waals surface area (Å²) < 4.78 is 14.8. The molecule has 0 radical (unpaired) electrons. The first-order valence-corrected chi connectivity index (χ1v) is 7.08. The standard InChI is InChI=1S/C14H10Br2FNO/c1-8-2-3-12(17)7-13(8)18-14(19)9-4-10(15)6-11(16)5-9/h2-7H,1H3,(H,18,19). The molecular formula is C14H10Br2FNO. The number of nitrogens with one attached hydrogen (secondary N) is 1. The molecule has 0 bridgehead atoms. The summed E-state index contributed by atoms with van der Waals surface area (Å²) in [5.41, 5.74) is 1.77. The van der Waals surface area contributed by atoms with Crippen molar-refractivity contribution in [3.8, 4) is 0 Å². The molecule has 0 aliphatic heterocycles. The smallest absolute Gasteiger partial charge is 0.255 e.